The van der Waals surface area contributed by atoms with Crippen molar-refractivity contribution in [3.63, 3.8) is 0 Å². The highest BCUT2D eigenvalue weighted by Crippen LogP contribution is 2.53. The van der Waals surface area contributed by atoms with Gasteiger partial charge in [0, 0.05) is 26.2 Å². The standard InChI is InChI=1S/C31H32N3O6P/c1-34(2)30(35)32-26-20-18-24(19-21-26)22-29(33-31(36)38-23-25-12-6-3-7-13-25)41(37,39-27-14-8-4-9-15-27)40-28-16-10-5-11-17-28/h3-21,29H,22-23H2,1-2H3,(H,32,35)(H,33,36). The molecule has 0 aliphatic carbocycles. The molecule has 2 N–H and O–H groups in total. The Kier molecular flexibility index (Phi) is 10.0. The van der Waals surface area contributed by atoms with Gasteiger partial charge in [-0.25, -0.2) is 14.2 Å². The largest absolute Gasteiger partial charge is 0.453 e. The van der Waals surface area contributed by atoms with Crippen LogP contribution < -0.4 is 19.7 Å². The Morgan fingerprint density at radius 1 is 0.732 bits per heavy atom. The highest BCUT2D eigenvalue weighted by atomic mass is 31.2. The molecule has 212 valence electrons. The van der Waals surface area contributed by atoms with E-state index >= 15 is 0 Å². The van der Waals surface area contributed by atoms with Crippen molar-refractivity contribution in [2.45, 2.75) is 18.8 Å². The van der Waals surface area contributed by atoms with Crippen LogP contribution in [0, 0.1) is 0 Å². The van der Waals surface area contributed by atoms with Gasteiger partial charge in [-0.1, -0.05) is 78.9 Å². The van der Waals surface area contributed by atoms with E-state index in [9.17, 15) is 14.2 Å². The van der Waals surface area contributed by atoms with Gasteiger partial charge >= 0.3 is 19.7 Å². The number of hydrogen-bond acceptors (Lipinski definition) is 6. The second-order valence-electron chi connectivity index (χ2n) is 9.30. The summed E-state index contributed by atoms with van der Waals surface area (Å²) in [6, 6.07) is 33.2. The molecular formula is C31H32N3O6P. The predicted molar refractivity (Wildman–Crippen MR) is 158 cm³/mol. The van der Waals surface area contributed by atoms with Gasteiger partial charge in [0.15, 0.2) is 5.78 Å². The number of nitrogens with zero attached hydrogens (tertiary/aromatic N) is 1. The molecule has 4 rings (SSSR count). The van der Waals surface area contributed by atoms with E-state index in [2.05, 4.69) is 10.6 Å². The fourth-order valence-electron chi connectivity index (χ4n) is 3.73. The molecule has 9 nitrogen and oxygen atoms in total. The number of urea groups is 1. The van der Waals surface area contributed by atoms with E-state index in [0.717, 1.165) is 11.1 Å². The SMILES string of the molecule is CN(C)C(=O)Nc1ccc(CC(NC(=O)OCc2ccccc2)P(=O)(Oc2ccccc2)Oc2ccccc2)cc1. The summed E-state index contributed by atoms with van der Waals surface area (Å²) < 4.78 is 32.0. The van der Waals surface area contributed by atoms with Gasteiger partial charge in [-0.15, -0.1) is 0 Å². The molecule has 0 bridgehead atoms. The number of amides is 3. The average Bonchev–Trinajstić information content (AvgIpc) is 2.98. The molecule has 0 heterocycles. The zero-order valence-electron chi connectivity index (χ0n) is 22.8. The minimum absolute atomic E-state index is 0.0308. The van der Waals surface area contributed by atoms with Crippen molar-refractivity contribution >= 4 is 25.4 Å². The molecule has 4 aromatic rings. The van der Waals surface area contributed by atoms with Crippen molar-refractivity contribution in [1.29, 1.82) is 0 Å². The molecule has 1 atom stereocenters. The van der Waals surface area contributed by atoms with Crippen molar-refractivity contribution in [1.82, 2.24) is 10.2 Å². The number of carbonyl (C=O) groups excluding carboxylic acids is 2. The molecule has 1 unspecified atom stereocenters. The summed E-state index contributed by atoms with van der Waals surface area (Å²) in [6.45, 7) is 0.0308. The van der Waals surface area contributed by atoms with Crippen LogP contribution in [0.2, 0.25) is 0 Å². The van der Waals surface area contributed by atoms with Crippen LogP contribution in [0.3, 0.4) is 0 Å². The quantitative estimate of drug-likeness (QED) is 0.189. The third-order valence-corrected chi connectivity index (χ3v) is 7.88. The van der Waals surface area contributed by atoms with Crippen LogP contribution in [-0.2, 0) is 22.3 Å². The Balaban J connectivity index is 1.61. The van der Waals surface area contributed by atoms with E-state index in [0.29, 0.717) is 17.2 Å². The lowest BCUT2D eigenvalue weighted by atomic mass is 10.1. The van der Waals surface area contributed by atoms with Crippen LogP contribution in [0.1, 0.15) is 11.1 Å². The molecule has 0 aromatic heterocycles. The number of benzene rings is 4. The maximum atomic E-state index is 14.6. The van der Waals surface area contributed by atoms with Gasteiger partial charge in [-0.3, -0.25) is 0 Å². The highest BCUT2D eigenvalue weighted by Gasteiger charge is 2.41. The number of carbonyl (C=O) groups is 2. The van der Waals surface area contributed by atoms with Crippen LogP contribution in [0.4, 0.5) is 15.3 Å². The monoisotopic (exact) mass is 573 g/mol. The summed E-state index contributed by atoms with van der Waals surface area (Å²) in [5, 5.41) is 5.50. The lowest BCUT2D eigenvalue weighted by molar-refractivity contribution is 0.137. The van der Waals surface area contributed by atoms with Crippen molar-refractivity contribution in [3.05, 3.63) is 126 Å². The van der Waals surface area contributed by atoms with Crippen molar-refractivity contribution < 1.29 is 27.9 Å². The smallest absolute Gasteiger partial charge is 0.445 e. The molecule has 0 aliphatic heterocycles. The number of rotatable bonds is 11. The Hall–Kier alpha value is -4.75. The fraction of sp³-hybridized carbons (Fsp3) is 0.161. The second-order valence-corrected chi connectivity index (χ2v) is 11.4. The van der Waals surface area contributed by atoms with E-state index in [1.807, 2.05) is 42.5 Å². The summed E-state index contributed by atoms with van der Waals surface area (Å²) in [6.07, 6.45) is -0.693. The van der Waals surface area contributed by atoms with Gasteiger partial charge in [0.1, 0.15) is 18.1 Å². The molecule has 0 saturated heterocycles. The minimum atomic E-state index is -4.12. The molecule has 0 spiro atoms. The first kappa shape index (κ1) is 29.2. The minimum Gasteiger partial charge on any atom is -0.445 e. The summed E-state index contributed by atoms with van der Waals surface area (Å²) in [5.74, 6) is -0.496. The summed E-state index contributed by atoms with van der Waals surface area (Å²) >= 11 is 0. The van der Waals surface area contributed by atoms with Crippen LogP contribution >= 0.6 is 7.60 Å². The highest BCUT2D eigenvalue weighted by molar-refractivity contribution is 7.55. The van der Waals surface area contributed by atoms with Gasteiger partial charge in [0.2, 0.25) is 0 Å². The van der Waals surface area contributed by atoms with Gasteiger partial charge in [-0.2, -0.15) is 0 Å². The maximum Gasteiger partial charge on any atom is 0.453 e. The molecule has 0 aliphatic rings. The Bertz CT molecular complexity index is 1410. The normalized spacial score (nSPS) is 11.6. The van der Waals surface area contributed by atoms with E-state index in [4.69, 9.17) is 13.8 Å². The van der Waals surface area contributed by atoms with E-state index in [1.54, 1.807) is 86.9 Å². The number of hydrogen-bond donors (Lipinski definition) is 2. The summed E-state index contributed by atoms with van der Waals surface area (Å²) in [4.78, 5) is 26.4. The molecule has 0 fully saturated rings. The fourth-order valence-corrected chi connectivity index (χ4v) is 5.55. The van der Waals surface area contributed by atoms with Gasteiger partial charge in [-0.05, 0) is 47.5 Å². The first-order valence-corrected chi connectivity index (χ1v) is 14.6. The zero-order valence-corrected chi connectivity index (χ0v) is 23.7. The molecular weight excluding hydrogens is 541 g/mol. The van der Waals surface area contributed by atoms with Crippen LogP contribution in [-0.4, -0.2) is 36.9 Å². The van der Waals surface area contributed by atoms with E-state index in [-0.39, 0.29) is 19.1 Å². The Labute approximate surface area is 239 Å². The molecule has 3 amide bonds. The molecule has 10 heteroatoms. The molecule has 0 radical (unpaired) electrons. The lowest BCUT2D eigenvalue weighted by Crippen LogP contribution is -2.39. The van der Waals surface area contributed by atoms with Crippen LogP contribution in [0.15, 0.2) is 115 Å². The third-order valence-electron chi connectivity index (χ3n) is 5.87. The van der Waals surface area contributed by atoms with Crippen LogP contribution in [0.25, 0.3) is 0 Å². The number of alkyl carbamates (subject to hydrolysis) is 1. The summed E-state index contributed by atoms with van der Waals surface area (Å²) in [7, 11) is -0.831. The molecule has 4 aromatic carbocycles. The first-order chi connectivity index (χ1) is 19.8. The van der Waals surface area contributed by atoms with Crippen molar-refractivity contribution in [2.75, 3.05) is 19.4 Å². The predicted octanol–water partition coefficient (Wildman–Crippen LogP) is 6.93. The van der Waals surface area contributed by atoms with Crippen molar-refractivity contribution in [3.8, 4) is 11.5 Å². The number of anilines is 1. The third kappa shape index (κ3) is 8.88. The number of para-hydroxylation sites is 2. The van der Waals surface area contributed by atoms with Crippen molar-refractivity contribution in [2.24, 2.45) is 0 Å². The topological polar surface area (TPSA) is 106 Å². The van der Waals surface area contributed by atoms with Gasteiger partial charge < -0.3 is 29.3 Å². The van der Waals surface area contributed by atoms with Gasteiger partial charge in [0.25, 0.3) is 0 Å². The van der Waals surface area contributed by atoms with E-state index in [1.165, 1.54) is 4.90 Å². The lowest BCUT2D eigenvalue weighted by Gasteiger charge is -2.28. The second kappa shape index (κ2) is 14.1. The Morgan fingerprint density at radius 2 is 1.24 bits per heavy atom. The Morgan fingerprint density at radius 3 is 1.76 bits per heavy atom. The first-order valence-electron chi connectivity index (χ1n) is 12.9. The number of nitrogens with one attached hydrogen (secondary N) is 2. The van der Waals surface area contributed by atoms with Gasteiger partial charge in [0.05, 0.1) is 0 Å². The van der Waals surface area contributed by atoms with Crippen LogP contribution in [0.5, 0.6) is 11.5 Å². The van der Waals surface area contributed by atoms with E-state index < -0.39 is 19.5 Å². The summed E-state index contributed by atoms with van der Waals surface area (Å²) in [5.41, 5.74) is 2.11. The number of ether oxygens (including phenoxy) is 1. The molecule has 41 heavy (non-hydrogen) atoms. The zero-order chi connectivity index (χ0) is 29.1. The maximum absolute atomic E-state index is 14.6. The molecule has 0 saturated carbocycles. The average molecular weight is 574 g/mol.